The first kappa shape index (κ1) is 75.7. The highest BCUT2D eigenvalue weighted by Crippen LogP contribution is 2.43. The SMILES string of the molecule is CC/C=C\C/C=C\C/C=C\C/C=C\C/C=C\C/C=C\C/C=C\C/C=C\C/C=C\CCCCCCCCCC(=O)OC(COC(=O)CCCCCCCCCCCCCCCCCCCCCCCCC)COP(=O)(O)OCCN. The van der Waals surface area contributed by atoms with Gasteiger partial charge in [-0.25, -0.2) is 4.57 Å². The molecule has 79 heavy (non-hydrogen) atoms. The zero-order valence-electron chi connectivity index (χ0n) is 50.8. The van der Waals surface area contributed by atoms with Crippen LogP contribution in [0.1, 0.15) is 284 Å². The minimum Gasteiger partial charge on any atom is -0.462 e. The number of unbranched alkanes of at least 4 members (excludes halogenated alkanes) is 29. The van der Waals surface area contributed by atoms with Crippen molar-refractivity contribution in [2.75, 3.05) is 26.4 Å². The standard InChI is InChI=1S/C69H120NO8P/c1-3-5-7-9-11-13-15-17-19-21-23-25-27-28-29-30-31-32-33-34-35-36-37-38-40-42-44-46-48-50-52-54-56-58-60-62-69(72)78-67(66-77-79(73,74)76-64-63-70)65-75-68(71)61-59-57-55-53-51-49-47-45-43-41-39-26-24-22-20-18-16-14-12-10-8-6-4-2/h5,7,11,13,17,19,23,25,28-29,31-32,34-35,37-38,42,44,67H,3-4,6,8-10,12,14-16,18,20-22,24,26-27,30,33,36,39-41,43,45-66,70H2,1-2H3,(H,73,74)/b7-5-,13-11-,19-17-,25-23-,29-28-,32-31-,35-34-,38-37-,44-42-. The second-order valence-electron chi connectivity index (χ2n) is 21.3. The molecule has 0 bridgehead atoms. The smallest absolute Gasteiger partial charge is 0.462 e. The second-order valence-corrected chi connectivity index (χ2v) is 22.7. The highest BCUT2D eigenvalue weighted by Gasteiger charge is 2.26. The monoisotopic (exact) mass is 1120 g/mol. The summed E-state index contributed by atoms with van der Waals surface area (Å²) in [5.41, 5.74) is 5.39. The molecule has 0 saturated carbocycles. The van der Waals surface area contributed by atoms with Crippen molar-refractivity contribution >= 4 is 19.8 Å². The molecule has 0 aliphatic rings. The third-order valence-electron chi connectivity index (χ3n) is 13.7. The Bertz CT molecular complexity index is 1660. The van der Waals surface area contributed by atoms with E-state index in [4.69, 9.17) is 24.3 Å². The van der Waals surface area contributed by atoms with E-state index in [1.54, 1.807) is 0 Å². The molecule has 0 amide bonds. The van der Waals surface area contributed by atoms with Gasteiger partial charge in [0.15, 0.2) is 6.10 Å². The summed E-state index contributed by atoms with van der Waals surface area (Å²) in [4.78, 5) is 35.3. The summed E-state index contributed by atoms with van der Waals surface area (Å²) in [5.74, 6) is -0.836. The lowest BCUT2D eigenvalue weighted by Gasteiger charge is -2.19. The largest absolute Gasteiger partial charge is 0.472 e. The summed E-state index contributed by atoms with van der Waals surface area (Å²) >= 11 is 0. The molecule has 0 saturated heterocycles. The topological polar surface area (TPSA) is 134 Å². The number of hydrogen-bond acceptors (Lipinski definition) is 8. The summed E-state index contributed by atoms with van der Waals surface area (Å²) in [5, 5.41) is 0. The number of esters is 2. The highest BCUT2D eigenvalue weighted by atomic mass is 31.2. The molecule has 0 spiro atoms. The van der Waals surface area contributed by atoms with Crippen LogP contribution in [0, 0.1) is 0 Å². The molecule has 454 valence electrons. The minimum atomic E-state index is -4.40. The quantitative estimate of drug-likeness (QED) is 0.0264. The molecule has 0 aliphatic carbocycles. The van der Waals surface area contributed by atoms with Crippen molar-refractivity contribution in [2.24, 2.45) is 5.73 Å². The first-order valence-electron chi connectivity index (χ1n) is 32.4. The number of rotatable bonds is 60. The fraction of sp³-hybridized carbons (Fsp3) is 0.710. The van der Waals surface area contributed by atoms with Crippen molar-refractivity contribution < 1.29 is 37.6 Å². The number of hydrogen-bond donors (Lipinski definition) is 2. The predicted octanol–water partition coefficient (Wildman–Crippen LogP) is 21.0. The van der Waals surface area contributed by atoms with Crippen LogP contribution < -0.4 is 5.73 Å². The van der Waals surface area contributed by atoms with Crippen LogP contribution in [0.2, 0.25) is 0 Å². The van der Waals surface area contributed by atoms with Crippen molar-refractivity contribution in [3.05, 3.63) is 109 Å². The van der Waals surface area contributed by atoms with E-state index in [1.807, 2.05) is 0 Å². The van der Waals surface area contributed by atoms with Gasteiger partial charge >= 0.3 is 19.8 Å². The van der Waals surface area contributed by atoms with Crippen LogP contribution in [0.4, 0.5) is 0 Å². The normalized spacial score (nSPS) is 13.7. The number of phosphoric ester groups is 1. The highest BCUT2D eigenvalue weighted by molar-refractivity contribution is 7.47. The third kappa shape index (κ3) is 63.7. The Kier molecular flexibility index (Phi) is 61.2. The molecule has 3 N–H and O–H groups in total. The van der Waals surface area contributed by atoms with Crippen LogP contribution in [0.5, 0.6) is 0 Å². The maximum Gasteiger partial charge on any atom is 0.472 e. The van der Waals surface area contributed by atoms with Crippen LogP contribution in [0.3, 0.4) is 0 Å². The molecule has 0 aromatic rings. The number of allylic oxidation sites excluding steroid dienone is 18. The molecule has 10 heteroatoms. The van der Waals surface area contributed by atoms with E-state index in [0.29, 0.717) is 6.42 Å². The predicted molar refractivity (Wildman–Crippen MR) is 339 cm³/mol. The summed E-state index contributed by atoms with van der Waals surface area (Å²) in [6.45, 7) is 3.64. The van der Waals surface area contributed by atoms with Crippen LogP contribution >= 0.6 is 7.82 Å². The number of carbonyl (C=O) groups excluding carboxylic acids is 2. The second kappa shape index (κ2) is 63.8. The first-order chi connectivity index (χ1) is 38.8. The van der Waals surface area contributed by atoms with Crippen molar-refractivity contribution in [3.63, 3.8) is 0 Å². The lowest BCUT2D eigenvalue weighted by Crippen LogP contribution is -2.29. The van der Waals surface area contributed by atoms with Gasteiger partial charge in [-0.2, -0.15) is 0 Å². The van der Waals surface area contributed by atoms with E-state index < -0.39 is 26.5 Å². The Morgan fingerprint density at radius 2 is 0.696 bits per heavy atom. The van der Waals surface area contributed by atoms with E-state index in [0.717, 1.165) is 103 Å². The Hall–Kier alpha value is -3.33. The van der Waals surface area contributed by atoms with E-state index in [-0.39, 0.29) is 38.6 Å². The van der Waals surface area contributed by atoms with E-state index in [9.17, 15) is 19.0 Å². The zero-order valence-corrected chi connectivity index (χ0v) is 51.7. The lowest BCUT2D eigenvalue weighted by atomic mass is 10.0. The van der Waals surface area contributed by atoms with Gasteiger partial charge in [-0.15, -0.1) is 0 Å². The zero-order chi connectivity index (χ0) is 57.3. The Balaban J connectivity index is 3.99. The maximum atomic E-state index is 12.7. The van der Waals surface area contributed by atoms with Gasteiger partial charge < -0.3 is 20.1 Å². The van der Waals surface area contributed by atoms with Crippen molar-refractivity contribution in [1.82, 2.24) is 0 Å². The molecule has 2 unspecified atom stereocenters. The summed E-state index contributed by atoms with van der Waals surface area (Å²) < 4.78 is 33.1. The van der Waals surface area contributed by atoms with Gasteiger partial charge in [-0.05, 0) is 83.5 Å². The van der Waals surface area contributed by atoms with Crippen molar-refractivity contribution in [3.8, 4) is 0 Å². The van der Waals surface area contributed by atoms with E-state index >= 15 is 0 Å². The van der Waals surface area contributed by atoms with Gasteiger partial charge in [0.25, 0.3) is 0 Å². The molecule has 0 aromatic heterocycles. The fourth-order valence-electron chi connectivity index (χ4n) is 8.92. The third-order valence-corrected chi connectivity index (χ3v) is 14.7. The number of phosphoric acid groups is 1. The molecule has 0 rings (SSSR count). The van der Waals surface area contributed by atoms with E-state index in [2.05, 4.69) is 123 Å². The van der Waals surface area contributed by atoms with Gasteiger partial charge in [-0.3, -0.25) is 18.6 Å². The number of carbonyl (C=O) groups is 2. The first-order valence-corrected chi connectivity index (χ1v) is 33.9. The summed E-state index contributed by atoms with van der Waals surface area (Å²) in [6, 6.07) is 0. The average Bonchev–Trinajstić information content (AvgIpc) is 3.44. The van der Waals surface area contributed by atoms with Gasteiger partial charge in [0.05, 0.1) is 13.2 Å². The van der Waals surface area contributed by atoms with Gasteiger partial charge in [0.1, 0.15) is 6.61 Å². The lowest BCUT2D eigenvalue weighted by molar-refractivity contribution is -0.161. The Morgan fingerprint density at radius 3 is 1.04 bits per heavy atom. The van der Waals surface area contributed by atoms with Crippen LogP contribution in [0.15, 0.2) is 109 Å². The molecule has 9 nitrogen and oxygen atoms in total. The fourth-order valence-corrected chi connectivity index (χ4v) is 9.69. The summed E-state index contributed by atoms with van der Waals surface area (Å²) in [7, 11) is -4.40. The Labute approximate surface area is 486 Å². The molecular formula is C69H120NO8P. The van der Waals surface area contributed by atoms with Gasteiger partial charge in [-0.1, -0.05) is 297 Å². The molecule has 0 aromatic carbocycles. The van der Waals surface area contributed by atoms with Crippen molar-refractivity contribution in [1.29, 1.82) is 0 Å². The van der Waals surface area contributed by atoms with E-state index in [1.165, 1.54) is 148 Å². The maximum absolute atomic E-state index is 12.7. The Morgan fingerprint density at radius 1 is 0.392 bits per heavy atom. The summed E-state index contributed by atoms with van der Waals surface area (Å²) in [6.07, 6.45) is 87.3. The molecular weight excluding hydrogens is 1000 g/mol. The number of ether oxygens (including phenoxy) is 2. The molecule has 0 fully saturated rings. The van der Waals surface area contributed by atoms with Crippen LogP contribution in [-0.2, 0) is 32.7 Å². The average molecular weight is 1120 g/mol. The van der Waals surface area contributed by atoms with Gasteiger partial charge in [0.2, 0.25) is 0 Å². The van der Waals surface area contributed by atoms with Crippen LogP contribution in [0.25, 0.3) is 0 Å². The van der Waals surface area contributed by atoms with Crippen molar-refractivity contribution in [2.45, 2.75) is 290 Å². The molecule has 0 heterocycles. The molecule has 2 atom stereocenters. The minimum absolute atomic E-state index is 0.0477. The van der Waals surface area contributed by atoms with Crippen LogP contribution in [-0.4, -0.2) is 49.3 Å². The number of nitrogens with two attached hydrogens (primary N) is 1. The molecule has 0 radical (unpaired) electrons. The van der Waals surface area contributed by atoms with Gasteiger partial charge in [0, 0.05) is 19.4 Å². The molecule has 0 aliphatic heterocycles.